The van der Waals surface area contributed by atoms with Crippen LogP contribution in [0.2, 0.25) is 5.15 Å². The minimum atomic E-state index is -0.548. The van der Waals surface area contributed by atoms with Crippen molar-refractivity contribution in [2.24, 2.45) is 0 Å². The summed E-state index contributed by atoms with van der Waals surface area (Å²) < 4.78 is 15.6. The van der Waals surface area contributed by atoms with E-state index >= 15 is 0 Å². The van der Waals surface area contributed by atoms with Crippen molar-refractivity contribution in [3.63, 3.8) is 0 Å². The van der Waals surface area contributed by atoms with Gasteiger partial charge in [-0.05, 0) is 24.6 Å². The number of ether oxygens (including phenoxy) is 3. The molecule has 0 saturated carbocycles. The number of benzene rings is 1. The predicted octanol–water partition coefficient (Wildman–Crippen LogP) is 4.42. The predicted molar refractivity (Wildman–Crippen MR) is 86.2 cm³/mol. The molecular weight excluding hydrogens is 326 g/mol. The maximum atomic E-state index is 11.5. The van der Waals surface area contributed by atoms with Crippen molar-refractivity contribution < 1.29 is 19.0 Å². The molecule has 0 fully saturated rings. The number of rotatable bonds is 5. The Bertz CT molecular complexity index is 712. The van der Waals surface area contributed by atoms with Crippen LogP contribution in [0.25, 0.3) is 6.08 Å². The van der Waals surface area contributed by atoms with Gasteiger partial charge in [0.25, 0.3) is 5.19 Å². The average molecular weight is 340 g/mol. The molecular formula is C15H14ClNO4S. The number of hydrogen-bond donors (Lipinski definition) is 0. The van der Waals surface area contributed by atoms with Crippen LogP contribution in [0.3, 0.4) is 0 Å². The number of carbonyl (C=O) groups is 1. The van der Waals surface area contributed by atoms with E-state index in [0.29, 0.717) is 11.5 Å². The van der Waals surface area contributed by atoms with Gasteiger partial charge in [0.2, 0.25) is 0 Å². The van der Waals surface area contributed by atoms with Gasteiger partial charge in [0, 0.05) is 0 Å². The van der Waals surface area contributed by atoms with Gasteiger partial charge in [0.15, 0.2) is 21.5 Å². The normalized spacial score (nSPS) is 10.7. The van der Waals surface area contributed by atoms with Crippen LogP contribution in [0.5, 0.6) is 16.7 Å². The second kappa shape index (κ2) is 7.29. The fourth-order valence-electron chi connectivity index (χ4n) is 1.70. The molecule has 0 amide bonds. The minimum absolute atomic E-state index is 0.0522. The van der Waals surface area contributed by atoms with Gasteiger partial charge in [-0.15, -0.1) is 0 Å². The Morgan fingerprint density at radius 1 is 1.32 bits per heavy atom. The van der Waals surface area contributed by atoms with E-state index in [2.05, 4.69) is 9.72 Å². The number of carbonyl (C=O) groups excluding carboxylic acids is 1. The molecule has 0 spiro atoms. The quantitative estimate of drug-likeness (QED) is 0.755. The van der Waals surface area contributed by atoms with Crippen molar-refractivity contribution in [3.8, 4) is 16.7 Å². The molecule has 22 heavy (non-hydrogen) atoms. The third-order valence-corrected chi connectivity index (χ3v) is 3.98. The van der Waals surface area contributed by atoms with Gasteiger partial charge in [-0.2, -0.15) is 4.98 Å². The Labute approximate surface area is 137 Å². The summed E-state index contributed by atoms with van der Waals surface area (Å²) in [5.74, 6) is 0.492. The number of halogens is 1. The summed E-state index contributed by atoms with van der Waals surface area (Å²) in [7, 11) is 2.83. The average Bonchev–Trinajstić information content (AvgIpc) is 2.88. The van der Waals surface area contributed by atoms with E-state index in [0.717, 1.165) is 16.9 Å². The van der Waals surface area contributed by atoms with Crippen molar-refractivity contribution >= 4 is 35.0 Å². The summed E-state index contributed by atoms with van der Waals surface area (Å²) in [4.78, 5) is 15.7. The largest absolute Gasteiger partial charge is 0.493 e. The highest BCUT2D eigenvalue weighted by molar-refractivity contribution is 7.15. The molecule has 0 aliphatic carbocycles. The lowest BCUT2D eigenvalue weighted by molar-refractivity contribution is 0.0606. The molecule has 0 radical (unpaired) electrons. The highest BCUT2D eigenvalue weighted by Gasteiger charge is 2.19. The molecule has 0 atom stereocenters. The molecule has 0 saturated heterocycles. The van der Waals surface area contributed by atoms with Crippen molar-refractivity contribution in [2.75, 3.05) is 14.2 Å². The number of esters is 1. The molecule has 116 valence electrons. The summed E-state index contributed by atoms with van der Waals surface area (Å²) in [6, 6.07) is 5.49. The molecule has 2 aromatic rings. The molecule has 0 unspecified atom stereocenters. The molecule has 1 heterocycles. The SMILES string of the molecule is C/C=C/c1ccc(Oc2nc(Cl)c(C(=O)OC)s2)c(OC)c1. The number of thiazole rings is 1. The van der Waals surface area contributed by atoms with Crippen LogP contribution in [0.4, 0.5) is 0 Å². The highest BCUT2D eigenvalue weighted by Crippen LogP contribution is 2.37. The van der Waals surface area contributed by atoms with Gasteiger partial charge in [0.05, 0.1) is 14.2 Å². The summed E-state index contributed by atoms with van der Waals surface area (Å²) in [5.41, 5.74) is 0.985. The van der Waals surface area contributed by atoms with Crippen LogP contribution in [-0.4, -0.2) is 25.2 Å². The third kappa shape index (κ3) is 3.58. The Morgan fingerprint density at radius 2 is 2.09 bits per heavy atom. The van der Waals surface area contributed by atoms with Crippen LogP contribution in [0.15, 0.2) is 24.3 Å². The van der Waals surface area contributed by atoms with Gasteiger partial charge < -0.3 is 14.2 Å². The van der Waals surface area contributed by atoms with Gasteiger partial charge >= 0.3 is 5.97 Å². The van der Waals surface area contributed by atoms with Crippen molar-refractivity contribution in [1.29, 1.82) is 0 Å². The topological polar surface area (TPSA) is 57.7 Å². The van der Waals surface area contributed by atoms with Crippen LogP contribution in [0.1, 0.15) is 22.2 Å². The highest BCUT2D eigenvalue weighted by atomic mass is 35.5. The second-order valence-corrected chi connectivity index (χ2v) is 5.42. The zero-order valence-electron chi connectivity index (χ0n) is 12.3. The zero-order chi connectivity index (χ0) is 16.1. The molecule has 0 aliphatic heterocycles. The van der Waals surface area contributed by atoms with Gasteiger partial charge in [0.1, 0.15) is 0 Å². The van der Waals surface area contributed by atoms with Crippen molar-refractivity contribution in [3.05, 3.63) is 39.9 Å². The standard InChI is InChI=1S/C15H14ClNO4S/c1-4-5-9-6-7-10(11(8-9)19-2)21-15-17-13(16)12(22-15)14(18)20-3/h4-8H,1-3H3/b5-4+. The van der Waals surface area contributed by atoms with E-state index in [4.69, 9.17) is 21.1 Å². The second-order valence-electron chi connectivity index (χ2n) is 4.10. The van der Waals surface area contributed by atoms with E-state index in [1.54, 1.807) is 13.2 Å². The molecule has 5 nitrogen and oxygen atoms in total. The van der Waals surface area contributed by atoms with Crippen molar-refractivity contribution in [1.82, 2.24) is 4.98 Å². The Hall–Kier alpha value is -2.05. The lowest BCUT2D eigenvalue weighted by Gasteiger charge is -2.08. The number of hydrogen-bond acceptors (Lipinski definition) is 6. The first-order valence-corrected chi connectivity index (χ1v) is 7.51. The fraction of sp³-hybridized carbons (Fsp3) is 0.200. The van der Waals surface area contributed by atoms with Crippen LogP contribution >= 0.6 is 22.9 Å². The zero-order valence-corrected chi connectivity index (χ0v) is 13.8. The monoisotopic (exact) mass is 339 g/mol. The molecule has 7 heteroatoms. The number of aromatic nitrogens is 1. The van der Waals surface area contributed by atoms with Crippen LogP contribution < -0.4 is 9.47 Å². The molecule has 1 aromatic carbocycles. The van der Waals surface area contributed by atoms with Gasteiger partial charge in [-0.3, -0.25) is 0 Å². The number of allylic oxidation sites excluding steroid dienone is 1. The molecule has 0 N–H and O–H groups in total. The summed E-state index contributed by atoms with van der Waals surface area (Å²) >= 11 is 6.91. The maximum Gasteiger partial charge on any atom is 0.351 e. The summed E-state index contributed by atoms with van der Waals surface area (Å²) in [5, 5.41) is 0.291. The lowest BCUT2D eigenvalue weighted by Crippen LogP contribution is -1.98. The molecule has 0 bridgehead atoms. The first kappa shape index (κ1) is 16.3. The molecule has 2 rings (SSSR count). The van der Waals surface area contributed by atoms with E-state index < -0.39 is 5.97 Å². The Morgan fingerprint density at radius 3 is 2.73 bits per heavy atom. The molecule has 1 aromatic heterocycles. The first-order chi connectivity index (χ1) is 10.6. The smallest absolute Gasteiger partial charge is 0.351 e. The number of methoxy groups -OCH3 is 2. The van der Waals surface area contributed by atoms with Gasteiger partial charge in [-0.25, -0.2) is 4.79 Å². The summed E-state index contributed by atoms with van der Waals surface area (Å²) in [6.07, 6.45) is 3.88. The van der Waals surface area contributed by atoms with Crippen LogP contribution in [-0.2, 0) is 4.74 Å². The van der Waals surface area contributed by atoms with Crippen molar-refractivity contribution in [2.45, 2.75) is 6.92 Å². The molecule has 0 aliphatic rings. The lowest BCUT2D eigenvalue weighted by atomic mass is 10.2. The first-order valence-electron chi connectivity index (χ1n) is 6.32. The Balaban J connectivity index is 2.29. The van der Waals surface area contributed by atoms with Crippen LogP contribution in [0, 0.1) is 0 Å². The van der Waals surface area contributed by atoms with Gasteiger partial charge in [-0.1, -0.05) is 41.2 Å². The fourth-order valence-corrected chi connectivity index (χ4v) is 2.76. The number of nitrogens with zero attached hydrogens (tertiary/aromatic N) is 1. The maximum absolute atomic E-state index is 11.5. The third-order valence-electron chi connectivity index (χ3n) is 2.68. The summed E-state index contributed by atoms with van der Waals surface area (Å²) in [6.45, 7) is 1.93. The van der Waals surface area contributed by atoms with E-state index in [9.17, 15) is 4.79 Å². The van der Waals surface area contributed by atoms with E-state index in [-0.39, 0.29) is 15.2 Å². The van der Waals surface area contributed by atoms with E-state index in [1.807, 2.05) is 31.2 Å². The van der Waals surface area contributed by atoms with E-state index in [1.165, 1.54) is 7.11 Å². The minimum Gasteiger partial charge on any atom is -0.493 e. The Kier molecular flexibility index (Phi) is 5.41.